The predicted molar refractivity (Wildman–Crippen MR) is 53.0 cm³/mol. The van der Waals surface area contributed by atoms with Gasteiger partial charge in [-0.25, -0.2) is 0 Å². The summed E-state index contributed by atoms with van der Waals surface area (Å²) in [6.45, 7) is 1.59. The number of nitrogens with zero attached hydrogens (tertiary/aromatic N) is 1. The first kappa shape index (κ1) is 10.2. The molecule has 0 bridgehead atoms. The van der Waals surface area contributed by atoms with Crippen LogP contribution in [0.2, 0.25) is 0 Å². The van der Waals surface area contributed by atoms with Crippen molar-refractivity contribution in [3.8, 4) is 0 Å². The average Bonchev–Trinajstić information content (AvgIpc) is 2.69. The maximum atomic E-state index is 11.3. The third kappa shape index (κ3) is 2.57. The van der Waals surface area contributed by atoms with Crippen molar-refractivity contribution in [2.45, 2.75) is 12.6 Å². The Morgan fingerprint density at radius 1 is 1.67 bits per heavy atom. The van der Waals surface area contributed by atoms with Gasteiger partial charge in [0, 0.05) is 6.54 Å². The molecule has 0 aromatic carbocycles. The topological polar surface area (TPSA) is 65.7 Å². The number of amides is 1. The van der Waals surface area contributed by atoms with Crippen LogP contribution < -0.4 is 5.32 Å². The van der Waals surface area contributed by atoms with Crippen molar-refractivity contribution in [1.82, 2.24) is 10.2 Å². The van der Waals surface area contributed by atoms with Gasteiger partial charge in [-0.2, -0.15) is 0 Å². The Morgan fingerprint density at radius 3 is 3.20 bits per heavy atom. The minimum atomic E-state index is -0.166. The third-order valence-corrected chi connectivity index (χ3v) is 2.39. The Morgan fingerprint density at radius 2 is 2.53 bits per heavy atom. The molecule has 1 saturated heterocycles. The molecule has 1 atom stereocenters. The Balaban J connectivity index is 1.94. The molecule has 1 aliphatic rings. The molecule has 5 nitrogen and oxygen atoms in total. The van der Waals surface area contributed by atoms with Gasteiger partial charge in [0.2, 0.25) is 5.91 Å². The van der Waals surface area contributed by atoms with E-state index >= 15 is 0 Å². The summed E-state index contributed by atoms with van der Waals surface area (Å²) < 4.78 is 5.20. The van der Waals surface area contributed by atoms with Crippen molar-refractivity contribution in [2.75, 3.05) is 19.7 Å². The summed E-state index contributed by atoms with van der Waals surface area (Å²) in [6.07, 6.45) is 1.61. The maximum absolute atomic E-state index is 11.3. The molecule has 1 amide bonds. The van der Waals surface area contributed by atoms with Crippen molar-refractivity contribution in [2.24, 2.45) is 0 Å². The normalized spacial score (nSPS) is 22.7. The van der Waals surface area contributed by atoms with Crippen LogP contribution in [0, 0.1) is 0 Å². The molecule has 1 aliphatic heterocycles. The number of rotatable bonds is 3. The lowest BCUT2D eigenvalue weighted by Crippen LogP contribution is -2.55. The SMILES string of the molecule is O=C1CN(Cc2ccco2)CC(CO)N1. The molecule has 0 radical (unpaired) electrons. The monoisotopic (exact) mass is 210 g/mol. The minimum Gasteiger partial charge on any atom is -0.468 e. The molecule has 82 valence electrons. The zero-order valence-electron chi connectivity index (χ0n) is 8.35. The Kier molecular flexibility index (Phi) is 3.03. The first-order valence-electron chi connectivity index (χ1n) is 4.93. The van der Waals surface area contributed by atoms with Crippen LogP contribution >= 0.6 is 0 Å². The van der Waals surface area contributed by atoms with Gasteiger partial charge < -0.3 is 14.8 Å². The van der Waals surface area contributed by atoms with E-state index in [0.717, 1.165) is 5.76 Å². The molecular weight excluding hydrogens is 196 g/mol. The van der Waals surface area contributed by atoms with Gasteiger partial charge in [-0.15, -0.1) is 0 Å². The van der Waals surface area contributed by atoms with Gasteiger partial charge >= 0.3 is 0 Å². The molecule has 2 heterocycles. The summed E-state index contributed by atoms with van der Waals surface area (Å²) in [5, 5.41) is 11.7. The molecule has 1 unspecified atom stereocenters. The first-order chi connectivity index (χ1) is 7.28. The molecule has 1 aromatic heterocycles. The van der Waals surface area contributed by atoms with Crippen molar-refractivity contribution < 1.29 is 14.3 Å². The highest BCUT2D eigenvalue weighted by Crippen LogP contribution is 2.08. The van der Waals surface area contributed by atoms with Crippen LogP contribution in [0.25, 0.3) is 0 Å². The number of furan rings is 1. The summed E-state index contributed by atoms with van der Waals surface area (Å²) in [5.74, 6) is 0.785. The van der Waals surface area contributed by atoms with Crippen LogP contribution in [-0.4, -0.2) is 41.7 Å². The average molecular weight is 210 g/mol. The summed E-state index contributed by atoms with van der Waals surface area (Å²) in [7, 11) is 0. The van der Waals surface area contributed by atoms with E-state index in [1.165, 1.54) is 0 Å². The van der Waals surface area contributed by atoms with Gasteiger partial charge in [0.05, 0.1) is 32.0 Å². The van der Waals surface area contributed by atoms with Crippen LogP contribution in [0.3, 0.4) is 0 Å². The van der Waals surface area contributed by atoms with Crippen LogP contribution in [0.4, 0.5) is 0 Å². The molecule has 15 heavy (non-hydrogen) atoms. The zero-order valence-corrected chi connectivity index (χ0v) is 8.35. The van der Waals surface area contributed by atoms with Gasteiger partial charge in [-0.05, 0) is 12.1 Å². The summed E-state index contributed by atoms with van der Waals surface area (Å²) in [5.41, 5.74) is 0. The number of aliphatic hydroxyl groups excluding tert-OH is 1. The smallest absolute Gasteiger partial charge is 0.234 e. The van der Waals surface area contributed by atoms with Gasteiger partial charge in [-0.1, -0.05) is 0 Å². The standard InChI is InChI=1S/C10H14N2O3/c13-7-8-4-12(6-10(14)11-8)5-9-2-1-3-15-9/h1-3,8,13H,4-7H2,(H,11,14). The van der Waals surface area contributed by atoms with Crippen LogP contribution in [0.5, 0.6) is 0 Å². The van der Waals surface area contributed by atoms with E-state index in [2.05, 4.69) is 5.32 Å². The number of aliphatic hydroxyl groups is 1. The molecule has 0 spiro atoms. The minimum absolute atomic E-state index is 0.0274. The number of carbonyl (C=O) groups excluding carboxylic acids is 1. The van der Waals surface area contributed by atoms with E-state index in [1.54, 1.807) is 6.26 Å². The predicted octanol–water partition coefficient (Wildman–Crippen LogP) is -0.428. The molecule has 0 aliphatic carbocycles. The lowest BCUT2D eigenvalue weighted by atomic mass is 10.2. The lowest BCUT2D eigenvalue weighted by molar-refractivity contribution is -0.126. The van der Waals surface area contributed by atoms with E-state index in [9.17, 15) is 4.79 Å². The van der Waals surface area contributed by atoms with Gasteiger partial charge in [-0.3, -0.25) is 9.69 Å². The fraction of sp³-hybridized carbons (Fsp3) is 0.500. The second kappa shape index (κ2) is 4.46. The molecule has 0 saturated carbocycles. The van der Waals surface area contributed by atoms with E-state index in [1.807, 2.05) is 17.0 Å². The summed E-state index contributed by atoms with van der Waals surface area (Å²) in [4.78, 5) is 13.2. The fourth-order valence-electron chi connectivity index (χ4n) is 1.75. The number of nitrogens with one attached hydrogen (secondary N) is 1. The molecule has 1 fully saturated rings. The second-order valence-electron chi connectivity index (χ2n) is 3.70. The molecule has 5 heteroatoms. The summed E-state index contributed by atoms with van der Waals surface area (Å²) >= 11 is 0. The second-order valence-corrected chi connectivity index (χ2v) is 3.70. The Hall–Kier alpha value is -1.33. The number of hydrogen-bond acceptors (Lipinski definition) is 4. The largest absolute Gasteiger partial charge is 0.468 e. The highest BCUT2D eigenvalue weighted by molar-refractivity contribution is 5.79. The highest BCUT2D eigenvalue weighted by atomic mass is 16.3. The van der Waals surface area contributed by atoms with Crippen molar-refractivity contribution in [3.05, 3.63) is 24.2 Å². The van der Waals surface area contributed by atoms with Crippen LogP contribution in [0.1, 0.15) is 5.76 Å². The fourth-order valence-corrected chi connectivity index (χ4v) is 1.75. The Bertz CT molecular complexity index is 323. The molecule has 2 N–H and O–H groups in total. The summed E-state index contributed by atoms with van der Waals surface area (Å²) in [6, 6.07) is 3.53. The molecule has 1 aromatic rings. The molecule has 2 rings (SSSR count). The van der Waals surface area contributed by atoms with E-state index in [-0.39, 0.29) is 18.6 Å². The highest BCUT2D eigenvalue weighted by Gasteiger charge is 2.24. The lowest BCUT2D eigenvalue weighted by Gasteiger charge is -2.31. The van der Waals surface area contributed by atoms with E-state index in [4.69, 9.17) is 9.52 Å². The van der Waals surface area contributed by atoms with Crippen LogP contribution in [0.15, 0.2) is 22.8 Å². The number of piperazine rings is 1. The van der Waals surface area contributed by atoms with Crippen molar-refractivity contribution in [1.29, 1.82) is 0 Å². The first-order valence-corrected chi connectivity index (χ1v) is 4.93. The van der Waals surface area contributed by atoms with Crippen molar-refractivity contribution >= 4 is 5.91 Å². The third-order valence-electron chi connectivity index (χ3n) is 2.39. The Labute approximate surface area is 87.7 Å². The maximum Gasteiger partial charge on any atom is 0.234 e. The van der Waals surface area contributed by atoms with Gasteiger partial charge in [0.25, 0.3) is 0 Å². The van der Waals surface area contributed by atoms with Gasteiger partial charge in [0.1, 0.15) is 5.76 Å². The zero-order chi connectivity index (χ0) is 10.7. The number of carbonyl (C=O) groups is 1. The van der Waals surface area contributed by atoms with Crippen LogP contribution in [-0.2, 0) is 11.3 Å². The van der Waals surface area contributed by atoms with E-state index < -0.39 is 0 Å². The van der Waals surface area contributed by atoms with E-state index in [0.29, 0.717) is 19.6 Å². The molecular formula is C10H14N2O3. The number of hydrogen-bond donors (Lipinski definition) is 2. The van der Waals surface area contributed by atoms with Crippen molar-refractivity contribution in [3.63, 3.8) is 0 Å². The van der Waals surface area contributed by atoms with Gasteiger partial charge in [0.15, 0.2) is 0 Å². The quantitative estimate of drug-likeness (QED) is 0.710.